The van der Waals surface area contributed by atoms with Gasteiger partial charge in [0.2, 0.25) is 0 Å². The van der Waals surface area contributed by atoms with E-state index < -0.39 is 0 Å². The summed E-state index contributed by atoms with van der Waals surface area (Å²) in [6.07, 6.45) is 6.99. The molecule has 0 atom stereocenters. The van der Waals surface area contributed by atoms with Crippen molar-refractivity contribution in [3.05, 3.63) is 71.2 Å². The van der Waals surface area contributed by atoms with Crippen LogP contribution in [-0.2, 0) is 4.84 Å². The summed E-state index contributed by atoms with van der Waals surface area (Å²) in [6.45, 7) is 6.31. The van der Waals surface area contributed by atoms with Crippen LogP contribution in [0.2, 0.25) is 10.0 Å². The molecule has 29 heavy (non-hydrogen) atoms. The average Bonchev–Trinajstić information content (AvgIpc) is 2.74. The summed E-state index contributed by atoms with van der Waals surface area (Å²) in [5, 5.41) is 6.90. The molecule has 0 aliphatic heterocycles. The molecule has 0 radical (unpaired) electrons. The Labute approximate surface area is 177 Å². The molecule has 6 nitrogen and oxygen atoms in total. The lowest BCUT2D eigenvalue weighted by Gasteiger charge is -2.15. The maximum absolute atomic E-state index is 6.53. The summed E-state index contributed by atoms with van der Waals surface area (Å²) in [6, 6.07) is 7.27. The smallest absolute Gasteiger partial charge is 0.139 e. The van der Waals surface area contributed by atoms with E-state index in [1.807, 2.05) is 19.1 Å². The highest BCUT2D eigenvalue weighted by atomic mass is 35.5. The van der Waals surface area contributed by atoms with E-state index in [4.69, 9.17) is 33.0 Å². The maximum atomic E-state index is 6.53. The monoisotopic (exact) mass is 425 g/mol. The van der Waals surface area contributed by atoms with Crippen molar-refractivity contribution >= 4 is 62.1 Å². The topological polar surface area (TPSA) is 72.0 Å². The third kappa shape index (κ3) is 3.82. The van der Waals surface area contributed by atoms with Gasteiger partial charge in [-0.3, -0.25) is 20.3 Å². The van der Waals surface area contributed by atoms with E-state index in [0.717, 1.165) is 27.2 Å². The van der Waals surface area contributed by atoms with Crippen molar-refractivity contribution in [2.75, 3.05) is 11.9 Å². The maximum Gasteiger partial charge on any atom is 0.139 e. The van der Waals surface area contributed by atoms with Gasteiger partial charge in [0.05, 0.1) is 33.6 Å². The molecular weight excluding hydrogens is 409 g/mol. The van der Waals surface area contributed by atoms with E-state index in [0.29, 0.717) is 33.9 Å². The highest BCUT2D eigenvalue weighted by Crippen LogP contribution is 2.37. The average molecular weight is 426 g/mol. The fourth-order valence-electron chi connectivity index (χ4n) is 2.99. The minimum absolute atomic E-state index is 0.436. The number of anilines is 2. The summed E-state index contributed by atoms with van der Waals surface area (Å²) in [4.78, 5) is 18.3. The predicted molar refractivity (Wildman–Crippen MR) is 118 cm³/mol. The standard InChI is InChI=1S/C21H17Cl2N5O/c1-3-29-28-12(2)13-8-17(22)20(18(23)9-13)27-21-14-4-6-24-10-15(14)16-11-25-7-5-19(16)26-21/h4-11,28H,2-3H2,1H3,(H,26,27). The Hall–Kier alpha value is -2.93. The number of pyridine rings is 3. The largest absolute Gasteiger partial charge is 0.337 e. The van der Waals surface area contributed by atoms with Gasteiger partial charge in [-0.25, -0.2) is 4.98 Å². The Morgan fingerprint density at radius 1 is 1.03 bits per heavy atom. The van der Waals surface area contributed by atoms with Gasteiger partial charge in [0.1, 0.15) is 5.82 Å². The lowest BCUT2D eigenvalue weighted by molar-refractivity contribution is 0.0901. The van der Waals surface area contributed by atoms with Gasteiger partial charge in [-0.1, -0.05) is 29.8 Å². The normalized spacial score (nSPS) is 11.0. The Bertz CT molecular complexity index is 1210. The first-order chi connectivity index (χ1) is 14.1. The van der Waals surface area contributed by atoms with Crippen LogP contribution in [0.25, 0.3) is 27.4 Å². The third-order valence-corrected chi connectivity index (χ3v) is 4.97. The van der Waals surface area contributed by atoms with Crippen LogP contribution in [0.5, 0.6) is 0 Å². The fourth-order valence-corrected chi connectivity index (χ4v) is 3.57. The Morgan fingerprint density at radius 3 is 2.45 bits per heavy atom. The fraction of sp³-hybridized carbons (Fsp3) is 0.0952. The van der Waals surface area contributed by atoms with Crippen molar-refractivity contribution in [1.29, 1.82) is 0 Å². The van der Waals surface area contributed by atoms with E-state index in [1.54, 1.807) is 36.9 Å². The Balaban J connectivity index is 1.78. The van der Waals surface area contributed by atoms with Crippen LogP contribution >= 0.6 is 23.2 Å². The molecule has 0 aliphatic carbocycles. The van der Waals surface area contributed by atoms with Crippen molar-refractivity contribution in [2.24, 2.45) is 0 Å². The first-order valence-electron chi connectivity index (χ1n) is 8.89. The molecule has 0 saturated carbocycles. The molecule has 3 aromatic heterocycles. The van der Waals surface area contributed by atoms with E-state index in [2.05, 4.69) is 27.3 Å². The second-order valence-corrected chi connectivity index (χ2v) is 7.04. The first-order valence-corrected chi connectivity index (χ1v) is 9.64. The van der Waals surface area contributed by atoms with Crippen molar-refractivity contribution in [3.63, 3.8) is 0 Å². The second-order valence-electron chi connectivity index (χ2n) is 6.23. The van der Waals surface area contributed by atoms with Crippen LogP contribution in [0.1, 0.15) is 12.5 Å². The lowest BCUT2D eigenvalue weighted by atomic mass is 10.1. The van der Waals surface area contributed by atoms with Crippen molar-refractivity contribution in [1.82, 2.24) is 20.4 Å². The zero-order valence-electron chi connectivity index (χ0n) is 15.5. The van der Waals surface area contributed by atoms with Gasteiger partial charge in [-0.05, 0) is 31.2 Å². The van der Waals surface area contributed by atoms with Gasteiger partial charge in [0.25, 0.3) is 0 Å². The minimum Gasteiger partial charge on any atom is -0.337 e. The summed E-state index contributed by atoms with van der Waals surface area (Å²) >= 11 is 13.1. The molecule has 4 rings (SSSR count). The molecule has 2 N–H and O–H groups in total. The minimum atomic E-state index is 0.436. The van der Waals surface area contributed by atoms with Gasteiger partial charge in [-0.15, -0.1) is 0 Å². The van der Waals surface area contributed by atoms with Gasteiger partial charge >= 0.3 is 0 Å². The molecule has 1 aromatic carbocycles. The summed E-state index contributed by atoms with van der Waals surface area (Å²) in [7, 11) is 0. The SMILES string of the molecule is C=C(NOCC)c1cc(Cl)c(Nc2nc3ccncc3c3cnccc23)c(Cl)c1. The molecule has 0 bridgehead atoms. The lowest BCUT2D eigenvalue weighted by Crippen LogP contribution is -2.12. The molecule has 0 fully saturated rings. The zero-order valence-corrected chi connectivity index (χ0v) is 17.1. The number of hydrogen-bond acceptors (Lipinski definition) is 6. The Kier molecular flexibility index (Phi) is 5.49. The summed E-state index contributed by atoms with van der Waals surface area (Å²) in [5.74, 6) is 0.629. The number of nitrogens with one attached hydrogen (secondary N) is 2. The second kappa shape index (κ2) is 8.21. The van der Waals surface area contributed by atoms with E-state index in [1.165, 1.54) is 0 Å². The van der Waals surface area contributed by atoms with Crippen molar-refractivity contribution in [3.8, 4) is 0 Å². The molecule has 3 heterocycles. The number of halogens is 2. The number of benzene rings is 1. The van der Waals surface area contributed by atoms with Crippen LogP contribution in [0.4, 0.5) is 11.5 Å². The highest BCUT2D eigenvalue weighted by Gasteiger charge is 2.14. The predicted octanol–water partition coefficient (Wildman–Crippen LogP) is 5.74. The van der Waals surface area contributed by atoms with Gasteiger partial charge in [0, 0.05) is 46.5 Å². The van der Waals surface area contributed by atoms with Crippen LogP contribution in [-0.4, -0.2) is 21.6 Å². The number of nitrogens with zero attached hydrogens (tertiary/aromatic N) is 3. The van der Waals surface area contributed by atoms with Gasteiger partial charge in [-0.2, -0.15) is 0 Å². The molecule has 146 valence electrons. The van der Waals surface area contributed by atoms with Crippen LogP contribution in [0.15, 0.2) is 55.6 Å². The molecule has 0 unspecified atom stereocenters. The number of hydroxylamine groups is 1. The van der Waals surface area contributed by atoms with Crippen molar-refractivity contribution < 1.29 is 4.84 Å². The number of hydrogen-bond donors (Lipinski definition) is 2. The van der Waals surface area contributed by atoms with Gasteiger partial charge in [0.15, 0.2) is 0 Å². The number of rotatable bonds is 6. The highest BCUT2D eigenvalue weighted by molar-refractivity contribution is 6.39. The summed E-state index contributed by atoms with van der Waals surface area (Å²) < 4.78 is 0. The van der Waals surface area contributed by atoms with E-state index in [9.17, 15) is 0 Å². The van der Waals surface area contributed by atoms with Crippen molar-refractivity contribution in [2.45, 2.75) is 6.92 Å². The molecule has 0 spiro atoms. The molecule has 0 amide bonds. The Morgan fingerprint density at radius 2 is 1.72 bits per heavy atom. The first kappa shape index (κ1) is 19.4. The molecule has 0 saturated heterocycles. The molecule has 0 aliphatic rings. The number of aromatic nitrogens is 3. The molecule has 8 heteroatoms. The van der Waals surface area contributed by atoms with Gasteiger partial charge < -0.3 is 5.32 Å². The van der Waals surface area contributed by atoms with E-state index >= 15 is 0 Å². The third-order valence-electron chi connectivity index (χ3n) is 4.37. The number of fused-ring (bicyclic) bond motifs is 3. The quantitative estimate of drug-likeness (QED) is 0.303. The zero-order chi connectivity index (χ0) is 20.4. The van der Waals surface area contributed by atoms with Crippen LogP contribution in [0, 0.1) is 0 Å². The molecular formula is C21H17Cl2N5O. The summed E-state index contributed by atoms with van der Waals surface area (Å²) in [5.41, 5.74) is 5.40. The molecule has 4 aromatic rings. The van der Waals surface area contributed by atoms with Crippen LogP contribution in [0.3, 0.4) is 0 Å². The van der Waals surface area contributed by atoms with E-state index in [-0.39, 0.29) is 0 Å². The van der Waals surface area contributed by atoms with Crippen LogP contribution < -0.4 is 10.8 Å².